The summed E-state index contributed by atoms with van der Waals surface area (Å²) in [5, 5.41) is 22.0. The summed E-state index contributed by atoms with van der Waals surface area (Å²) in [4.78, 5) is 41.3. The Morgan fingerprint density at radius 3 is 2.66 bits per heavy atom. The molecule has 29 heavy (non-hydrogen) atoms. The normalized spacial score (nSPS) is 18.2. The Morgan fingerprint density at radius 2 is 2.00 bits per heavy atom. The molecular weight excluding hydrogens is 378 g/mol. The monoisotopic (exact) mass is 397 g/mol. The number of carbonyl (C=O) groups excluding carboxylic acids is 2. The van der Waals surface area contributed by atoms with Gasteiger partial charge in [0.2, 0.25) is 0 Å². The van der Waals surface area contributed by atoms with E-state index in [-0.39, 0.29) is 23.6 Å². The molecule has 1 N–H and O–H groups in total. The Balaban J connectivity index is 2.15. The maximum atomic E-state index is 12.8. The number of hydrogen-bond donors (Lipinski definition) is 1. The molecule has 9 nitrogen and oxygen atoms in total. The zero-order valence-electron chi connectivity index (χ0n) is 15.6. The predicted octanol–water partition coefficient (Wildman–Crippen LogP) is 2.45. The molecule has 1 unspecified atom stereocenters. The zero-order chi connectivity index (χ0) is 21.0. The number of nitrogens with zero attached hydrogens (tertiary/aromatic N) is 3. The molecule has 0 saturated carbocycles. The number of carbonyl (C=O) groups is 2. The number of amides is 1. The Hall–Kier alpha value is -3.59. The van der Waals surface area contributed by atoms with E-state index < -0.39 is 22.7 Å². The van der Waals surface area contributed by atoms with Crippen molar-refractivity contribution < 1.29 is 24.4 Å². The number of aromatic nitrogens is 1. The topological polar surface area (TPSA) is 123 Å². The summed E-state index contributed by atoms with van der Waals surface area (Å²) in [6, 6.07) is 7.78. The average molecular weight is 397 g/mol. The van der Waals surface area contributed by atoms with Crippen molar-refractivity contribution in [3.63, 3.8) is 0 Å². The summed E-state index contributed by atoms with van der Waals surface area (Å²) in [6.07, 6.45) is 3.36. The first-order chi connectivity index (χ1) is 14.0. The van der Waals surface area contributed by atoms with Crippen LogP contribution in [0.4, 0.5) is 5.69 Å². The SMILES string of the molecule is COCCCN1C(=O)C(=O)/C(=C(/O)c2ccncc2)C1c1cccc([N+](=O)[O-])c1. The van der Waals surface area contributed by atoms with Crippen LogP contribution in [-0.4, -0.2) is 51.9 Å². The Bertz CT molecular complexity index is 973. The molecular formula is C20H19N3O6. The van der Waals surface area contributed by atoms with Crippen LogP contribution in [0, 0.1) is 10.1 Å². The maximum absolute atomic E-state index is 12.8. The molecule has 3 rings (SSSR count). The number of ether oxygens (including phenoxy) is 1. The summed E-state index contributed by atoms with van der Waals surface area (Å²) in [5.74, 6) is -1.96. The fraction of sp³-hybridized carbons (Fsp3) is 0.250. The number of ketones is 1. The summed E-state index contributed by atoms with van der Waals surface area (Å²) >= 11 is 0. The number of benzene rings is 1. The van der Waals surface area contributed by atoms with Crippen LogP contribution in [0.15, 0.2) is 54.4 Å². The van der Waals surface area contributed by atoms with Gasteiger partial charge in [-0.3, -0.25) is 24.7 Å². The van der Waals surface area contributed by atoms with Crippen molar-refractivity contribution in [2.45, 2.75) is 12.5 Å². The van der Waals surface area contributed by atoms with Crippen LogP contribution in [0.3, 0.4) is 0 Å². The standard InChI is InChI=1S/C20H19N3O6/c1-29-11-3-10-22-17(14-4-2-5-15(12-14)23(27)28)16(19(25)20(22)26)18(24)13-6-8-21-9-7-13/h2,4-9,12,17,24H,3,10-11H2,1H3/b18-16+. The fourth-order valence-electron chi connectivity index (χ4n) is 3.31. The van der Waals surface area contributed by atoms with Gasteiger partial charge >= 0.3 is 0 Å². The van der Waals surface area contributed by atoms with E-state index in [2.05, 4.69) is 4.98 Å². The number of rotatable bonds is 7. The van der Waals surface area contributed by atoms with Crippen LogP contribution in [0.25, 0.3) is 5.76 Å². The van der Waals surface area contributed by atoms with Crippen molar-refractivity contribution in [1.82, 2.24) is 9.88 Å². The van der Waals surface area contributed by atoms with Crippen LogP contribution in [0.5, 0.6) is 0 Å². The van der Waals surface area contributed by atoms with Crippen LogP contribution in [-0.2, 0) is 14.3 Å². The van der Waals surface area contributed by atoms with Gasteiger partial charge in [-0.05, 0) is 24.1 Å². The lowest BCUT2D eigenvalue weighted by Crippen LogP contribution is -2.31. The minimum Gasteiger partial charge on any atom is -0.507 e. The molecule has 1 aromatic heterocycles. The number of Topliss-reactive ketones (excluding diaryl/α,β-unsaturated/α-hetero) is 1. The van der Waals surface area contributed by atoms with E-state index >= 15 is 0 Å². The molecule has 0 radical (unpaired) electrons. The van der Waals surface area contributed by atoms with Gasteiger partial charge in [-0.25, -0.2) is 0 Å². The number of pyridine rings is 1. The van der Waals surface area contributed by atoms with E-state index in [1.807, 2.05) is 0 Å². The lowest BCUT2D eigenvalue weighted by molar-refractivity contribution is -0.384. The number of nitro benzene ring substituents is 1. The molecule has 1 aromatic carbocycles. The van der Waals surface area contributed by atoms with Crippen molar-refractivity contribution >= 4 is 23.1 Å². The smallest absolute Gasteiger partial charge is 0.295 e. The van der Waals surface area contributed by atoms with Crippen molar-refractivity contribution in [3.05, 3.63) is 75.6 Å². The van der Waals surface area contributed by atoms with Gasteiger partial charge in [0.25, 0.3) is 17.4 Å². The third-order valence-electron chi connectivity index (χ3n) is 4.64. The highest BCUT2D eigenvalue weighted by Crippen LogP contribution is 2.40. The van der Waals surface area contributed by atoms with Crippen molar-refractivity contribution in [3.8, 4) is 0 Å². The molecule has 9 heteroatoms. The van der Waals surface area contributed by atoms with Gasteiger partial charge in [-0.2, -0.15) is 0 Å². The highest BCUT2D eigenvalue weighted by molar-refractivity contribution is 6.46. The molecule has 2 aromatic rings. The number of nitro groups is 1. The Labute approximate surface area is 166 Å². The minimum atomic E-state index is -0.945. The summed E-state index contributed by atoms with van der Waals surface area (Å²) in [6.45, 7) is 0.563. The van der Waals surface area contributed by atoms with Gasteiger partial charge in [0, 0.05) is 50.4 Å². The molecule has 1 aliphatic rings. The van der Waals surface area contributed by atoms with E-state index in [1.165, 1.54) is 54.7 Å². The number of aliphatic hydroxyl groups is 1. The van der Waals surface area contributed by atoms with Gasteiger partial charge < -0.3 is 14.7 Å². The first-order valence-corrected chi connectivity index (χ1v) is 8.87. The summed E-state index contributed by atoms with van der Waals surface area (Å²) in [7, 11) is 1.52. The first-order valence-electron chi connectivity index (χ1n) is 8.87. The second-order valence-corrected chi connectivity index (χ2v) is 6.43. The molecule has 0 aliphatic carbocycles. The molecule has 0 spiro atoms. The third-order valence-corrected chi connectivity index (χ3v) is 4.64. The van der Waals surface area contributed by atoms with Crippen LogP contribution < -0.4 is 0 Å². The largest absolute Gasteiger partial charge is 0.507 e. The van der Waals surface area contributed by atoms with Gasteiger partial charge in [0.15, 0.2) is 0 Å². The zero-order valence-corrected chi connectivity index (χ0v) is 15.6. The van der Waals surface area contributed by atoms with Gasteiger partial charge in [-0.15, -0.1) is 0 Å². The van der Waals surface area contributed by atoms with Crippen LogP contribution >= 0.6 is 0 Å². The molecule has 1 fully saturated rings. The second kappa shape index (κ2) is 8.61. The summed E-state index contributed by atoms with van der Waals surface area (Å²) in [5.41, 5.74) is 0.407. The molecule has 1 atom stereocenters. The molecule has 2 heterocycles. The van der Waals surface area contributed by atoms with E-state index in [4.69, 9.17) is 4.74 Å². The van der Waals surface area contributed by atoms with Gasteiger partial charge in [-0.1, -0.05) is 12.1 Å². The lowest BCUT2D eigenvalue weighted by atomic mass is 9.95. The van der Waals surface area contributed by atoms with Crippen molar-refractivity contribution in [2.75, 3.05) is 20.3 Å². The fourth-order valence-corrected chi connectivity index (χ4v) is 3.31. The van der Waals surface area contributed by atoms with E-state index in [0.29, 0.717) is 24.2 Å². The number of non-ortho nitro benzene ring substituents is 1. The first kappa shape index (κ1) is 20.2. The van der Waals surface area contributed by atoms with Gasteiger partial charge in [0.05, 0.1) is 16.5 Å². The summed E-state index contributed by atoms with van der Waals surface area (Å²) < 4.78 is 5.02. The Kier molecular flexibility index (Phi) is 5.99. The van der Waals surface area contributed by atoms with Crippen LogP contribution in [0.1, 0.15) is 23.6 Å². The third kappa shape index (κ3) is 3.99. The quantitative estimate of drug-likeness (QED) is 0.190. The van der Waals surface area contributed by atoms with Gasteiger partial charge in [0.1, 0.15) is 5.76 Å². The van der Waals surface area contributed by atoms with Crippen molar-refractivity contribution in [2.24, 2.45) is 0 Å². The van der Waals surface area contributed by atoms with E-state index in [1.54, 1.807) is 6.07 Å². The maximum Gasteiger partial charge on any atom is 0.295 e. The molecule has 1 saturated heterocycles. The lowest BCUT2D eigenvalue weighted by Gasteiger charge is -2.25. The second-order valence-electron chi connectivity index (χ2n) is 6.43. The number of methoxy groups -OCH3 is 1. The number of aliphatic hydroxyl groups excluding tert-OH is 1. The molecule has 150 valence electrons. The molecule has 1 amide bonds. The van der Waals surface area contributed by atoms with E-state index in [9.17, 15) is 24.8 Å². The average Bonchev–Trinajstić information content (AvgIpc) is 2.99. The number of hydrogen-bond acceptors (Lipinski definition) is 7. The minimum absolute atomic E-state index is 0.112. The highest BCUT2D eigenvalue weighted by Gasteiger charge is 2.46. The highest BCUT2D eigenvalue weighted by atomic mass is 16.6. The molecule has 0 bridgehead atoms. The number of likely N-dealkylation sites (tertiary alicyclic amines) is 1. The van der Waals surface area contributed by atoms with Crippen molar-refractivity contribution in [1.29, 1.82) is 0 Å². The predicted molar refractivity (Wildman–Crippen MR) is 103 cm³/mol. The van der Waals surface area contributed by atoms with E-state index in [0.717, 1.165) is 0 Å². The molecule has 1 aliphatic heterocycles. The van der Waals surface area contributed by atoms with Crippen LogP contribution in [0.2, 0.25) is 0 Å². The Morgan fingerprint density at radius 1 is 1.28 bits per heavy atom.